The first kappa shape index (κ1) is 9.40. The van der Waals surface area contributed by atoms with E-state index in [9.17, 15) is 8.78 Å². The van der Waals surface area contributed by atoms with Crippen LogP contribution in [0.4, 0.5) is 8.78 Å². The fourth-order valence-electron chi connectivity index (χ4n) is 1.23. The summed E-state index contributed by atoms with van der Waals surface area (Å²) in [6, 6.07) is 4.43. The molecule has 0 bridgehead atoms. The molecule has 0 saturated carbocycles. The monoisotopic (exact) mass is 211 g/mol. The smallest absolute Gasteiger partial charge is 0.184 e. The maximum absolute atomic E-state index is 13.2. The molecular weight excluding hydrogens is 204 g/mol. The summed E-state index contributed by atoms with van der Waals surface area (Å²) in [7, 11) is 0. The number of hydrogen-bond donors (Lipinski definition) is 0. The summed E-state index contributed by atoms with van der Waals surface area (Å²) in [5.41, 5.74) is 0.0859. The molecule has 0 saturated heterocycles. The van der Waals surface area contributed by atoms with Gasteiger partial charge < -0.3 is 0 Å². The van der Waals surface area contributed by atoms with Gasteiger partial charge in [0.25, 0.3) is 0 Å². The number of fused-ring (bicyclic) bond motifs is 1. The van der Waals surface area contributed by atoms with E-state index >= 15 is 0 Å². The van der Waals surface area contributed by atoms with Crippen LogP contribution in [0.3, 0.4) is 0 Å². The molecule has 0 fully saturated rings. The average molecular weight is 211 g/mol. The SMILES string of the molecule is CSc1cnc2c(F)c(F)ccc2c1. The zero-order valence-corrected chi connectivity index (χ0v) is 8.24. The number of thioether (sulfide) groups is 1. The van der Waals surface area contributed by atoms with E-state index in [0.29, 0.717) is 5.39 Å². The molecule has 72 valence electrons. The van der Waals surface area contributed by atoms with Gasteiger partial charge in [0.15, 0.2) is 11.6 Å². The van der Waals surface area contributed by atoms with Crippen LogP contribution in [-0.4, -0.2) is 11.2 Å². The molecule has 2 aromatic rings. The van der Waals surface area contributed by atoms with E-state index in [1.54, 1.807) is 6.07 Å². The summed E-state index contributed by atoms with van der Waals surface area (Å²) in [4.78, 5) is 4.81. The molecule has 1 aromatic carbocycles. The Kier molecular flexibility index (Phi) is 2.37. The number of benzene rings is 1. The molecule has 14 heavy (non-hydrogen) atoms. The predicted molar refractivity (Wildman–Crippen MR) is 53.4 cm³/mol. The number of pyridine rings is 1. The van der Waals surface area contributed by atoms with Crippen LogP contribution < -0.4 is 0 Å². The van der Waals surface area contributed by atoms with Gasteiger partial charge >= 0.3 is 0 Å². The van der Waals surface area contributed by atoms with E-state index in [0.717, 1.165) is 11.0 Å². The van der Waals surface area contributed by atoms with E-state index in [4.69, 9.17) is 0 Å². The van der Waals surface area contributed by atoms with Crippen LogP contribution in [0.1, 0.15) is 0 Å². The second kappa shape index (κ2) is 3.53. The van der Waals surface area contributed by atoms with Gasteiger partial charge in [-0.2, -0.15) is 0 Å². The van der Waals surface area contributed by atoms with Gasteiger partial charge in [-0.1, -0.05) is 0 Å². The van der Waals surface area contributed by atoms with E-state index in [1.165, 1.54) is 24.0 Å². The Hall–Kier alpha value is -1.16. The molecule has 0 aliphatic heterocycles. The lowest BCUT2D eigenvalue weighted by molar-refractivity contribution is 0.515. The fraction of sp³-hybridized carbons (Fsp3) is 0.100. The minimum absolute atomic E-state index is 0.0859. The van der Waals surface area contributed by atoms with Gasteiger partial charge in [0.2, 0.25) is 0 Å². The first-order valence-corrected chi connectivity index (χ1v) is 5.22. The highest BCUT2D eigenvalue weighted by Gasteiger charge is 2.07. The quantitative estimate of drug-likeness (QED) is 0.671. The summed E-state index contributed by atoms with van der Waals surface area (Å²) in [6.07, 6.45) is 3.44. The van der Waals surface area contributed by atoms with Crippen molar-refractivity contribution in [1.82, 2.24) is 4.98 Å². The van der Waals surface area contributed by atoms with Gasteiger partial charge in [-0.3, -0.25) is 4.98 Å². The number of rotatable bonds is 1. The summed E-state index contributed by atoms with van der Waals surface area (Å²) in [5, 5.41) is 0.621. The lowest BCUT2D eigenvalue weighted by Gasteiger charge is -2.01. The topological polar surface area (TPSA) is 12.9 Å². The molecule has 0 amide bonds. The van der Waals surface area contributed by atoms with Crippen molar-refractivity contribution in [3.05, 3.63) is 36.0 Å². The summed E-state index contributed by atoms with van der Waals surface area (Å²) < 4.78 is 26.0. The first-order chi connectivity index (χ1) is 6.72. The van der Waals surface area contributed by atoms with Crippen LogP contribution >= 0.6 is 11.8 Å². The molecule has 0 radical (unpaired) electrons. The minimum Gasteiger partial charge on any atom is -0.252 e. The van der Waals surface area contributed by atoms with Crippen LogP contribution in [-0.2, 0) is 0 Å². The van der Waals surface area contributed by atoms with E-state index in [2.05, 4.69) is 4.98 Å². The highest BCUT2D eigenvalue weighted by Crippen LogP contribution is 2.22. The van der Waals surface area contributed by atoms with Gasteiger partial charge in [0.1, 0.15) is 5.52 Å². The first-order valence-electron chi connectivity index (χ1n) is 4.00. The van der Waals surface area contributed by atoms with Crippen LogP contribution in [0, 0.1) is 11.6 Å². The molecule has 0 aliphatic carbocycles. The Labute approximate surface area is 84.2 Å². The normalized spacial score (nSPS) is 10.8. The molecule has 0 spiro atoms. The van der Waals surface area contributed by atoms with E-state index < -0.39 is 11.6 Å². The maximum atomic E-state index is 13.2. The zero-order chi connectivity index (χ0) is 10.1. The molecule has 2 rings (SSSR count). The lowest BCUT2D eigenvalue weighted by Crippen LogP contribution is -1.89. The van der Waals surface area contributed by atoms with Crippen molar-refractivity contribution in [3.63, 3.8) is 0 Å². The summed E-state index contributed by atoms with van der Waals surface area (Å²) in [6.45, 7) is 0. The van der Waals surface area contributed by atoms with Gasteiger partial charge in [-0.25, -0.2) is 8.78 Å². The van der Waals surface area contributed by atoms with Crippen molar-refractivity contribution < 1.29 is 8.78 Å². The maximum Gasteiger partial charge on any atom is 0.184 e. The van der Waals surface area contributed by atoms with Crippen molar-refractivity contribution in [2.75, 3.05) is 6.26 Å². The third-order valence-corrected chi connectivity index (χ3v) is 2.65. The van der Waals surface area contributed by atoms with Gasteiger partial charge in [0.05, 0.1) is 0 Å². The average Bonchev–Trinajstić information content (AvgIpc) is 2.23. The van der Waals surface area contributed by atoms with E-state index in [-0.39, 0.29) is 5.52 Å². The van der Waals surface area contributed by atoms with Crippen LogP contribution in [0.2, 0.25) is 0 Å². The van der Waals surface area contributed by atoms with Crippen molar-refractivity contribution in [2.45, 2.75) is 4.90 Å². The van der Waals surface area contributed by atoms with Gasteiger partial charge in [-0.15, -0.1) is 11.8 Å². The van der Waals surface area contributed by atoms with Crippen molar-refractivity contribution >= 4 is 22.7 Å². The highest BCUT2D eigenvalue weighted by atomic mass is 32.2. The number of halogens is 2. The van der Waals surface area contributed by atoms with Crippen LogP contribution in [0.25, 0.3) is 10.9 Å². The number of nitrogens with zero attached hydrogens (tertiary/aromatic N) is 1. The molecule has 0 N–H and O–H groups in total. The second-order valence-corrected chi connectivity index (χ2v) is 3.69. The Balaban J connectivity index is 2.74. The van der Waals surface area contributed by atoms with Crippen LogP contribution in [0.15, 0.2) is 29.3 Å². The summed E-state index contributed by atoms with van der Waals surface area (Å²) >= 11 is 1.51. The molecule has 1 aromatic heterocycles. The van der Waals surface area contributed by atoms with Gasteiger partial charge in [0, 0.05) is 16.5 Å². The van der Waals surface area contributed by atoms with E-state index in [1.807, 2.05) is 6.26 Å². The van der Waals surface area contributed by atoms with Crippen molar-refractivity contribution in [1.29, 1.82) is 0 Å². The Morgan fingerprint density at radius 3 is 2.79 bits per heavy atom. The highest BCUT2D eigenvalue weighted by molar-refractivity contribution is 7.98. The Morgan fingerprint density at radius 2 is 2.07 bits per heavy atom. The Morgan fingerprint density at radius 1 is 1.29 bits per heavy atom. The zero-order valence-electron chi connectivity index (χ0n) is 7.42. The predicted octanol–water partition coefficient (Wildman–Crippen LogP) is 3.23. The molecule has 0 aliphatic rings. The molecular formula is C10H7F2NS. The molecule has 1 nitrogen and oxygen atoms in total. The number of aromatic nitrogens is 1. The minimum atomic E-state index is -0.879. The summed E-state index contributed by atoms with van der Waals surface area (Å²) in [5.74, 6) is -1.74. The third-order valence-electron chi connectivity index (χ3n) is 1.95. The lowest BCUT2D eigenvalue weighted by atomic mass is 10.2. The van der Waals surface area contributed by atoms with Gasteiger partial charge in [-0.05, 0) is 24.5 Å². The molecule has 0 atom stereocenters. The molecule has 0 unspecified atom stereocenters. The number of hydrogen-bond acceptors (Lipinski definition) is 2. The standard InChI is InChI=1S/C10H7F2NS/c1-14-7-4-6-2-3-8(11)9(12)10(6)13-5-7/h2-5H,1H3. The van der Waals surface area contributed by atoms with Crippen LogP contribution in [0.5, 0.6) is 0 Å². The molecule has 1 heterocycles. The Bertz CT molecular complexity index is 485. The third kappa shape index (κ3) is 1.46. The van der Waals surface area contributed by atoms with Crippen molar-refractivity contribution in [2.24, 2.45) is 0 Å². The fourth-order valence-corrected chi connectivity index (χ4v) is 1.64. The largest absolute Gasteiger partial charge is 0.252 e. The second-order valence-electron chi connectivity index (χ2n) is 2.81. The molecule has 4 heteroatoms. The van der Waals surface area contributed by atoms with Crippen molar-refractivity contribution in [3.8, 4) is 0 Å².